The summed E-state index contributed by atoms with van der Waals surface area (Å²) in [6.45, 7) is 4.16. The van der Waals surface area contributed by atoms with Crippen molar-refractivity contribution >= 4 is 38.1 Å². The van der Waals surface area contributed by atoms with Gasteiger partial charge in [0.15, 0.2) is 0 Å². The van der Waals surface area contributed by atoms with Gasteiger partial charge in [0, 0.05) is 11.9 Å². The minimum atomic E-state index is -3.98. The van der Waals surface area contributed by atoms with Gasteiger partial charge in [-0.3, -0.25) is 9.78 Å². The van der Waals surface area contributed by atoms with Crippen LogP contribution in [0.1, 0.15) is 29.9 Å². The molecule has 0 aliphatic heterocycles. The van der Waals surface area contributed by atoms with Crippen LogP contribution < -0.4 is 5.32 Å². The van der Waals surface area contributed by atoms with E-state index in [1.165, 1.54) is 32.2 Å². The Balaban J connectivity index is 2.50. The number of carboxylic acids is 1. The van der Waals surface area contributed by atoms with Crippen LogP contribution in [0, 0.1) is 6.92 Å². The Morgan fingerprint density at radius 2 is 1.92 bits per heavy atom. The molecule has 134 valence electrons. The fourth-order valence-electron chi connectivity index (χ4n) is 1.74. The number of carboxylic acid groups (broad SMARTS) is 1. The quantitative estimate of drug-likeness (QED) is 0.714. The average Bonchev–Trinajstić information content (AvgIpc) is 2.91. The van der Waals surface area contributed by atoms with Crippen molar-refractivity contribution < 1.29 is 28.2 Å². The highest BCUT2D eigenvalue weighted by molar-refractivity contribution is 7.93. The lowest BCUT2D eigenvalue weighted by Gasteiger charge is -2.15. The molecular formula is C15H16N2O6S2. The van der Waals surface area contributed by atoms with Crippen LogP contribution in [0.25, 0.3) is 0 Å². The Bertz CT molecular complexity index is 924. The van der Waals surface area contributed by atoms with E-state index in [1.807, 2.05) is 0 Å². The molecule has 2 aromatic heterocycles. The topological polar surface area (TPSA) is 134 Å². The Hall–Kier alpha value is -2.30. The molecule has 0 aliphatic rings. The number of hydrogen-bond acceptors (Lipinski definition) is 7. The zero-order valence-electron chi connectivity index (χ0n) is 13.6. The average molecular weight is 384 g/mol. The van der Waals surface area contributed by atoms with E-state index in [2.05, 4.69) is 10.3 Å². The molecule has 10 heteroatoms. The van der Waals surface area contributed by atoms with Gasteiger partial charge in [-0.15, -0.1) is 11.3 Å². The summed E-state index contributed by atoms with van der Waals surface area (Å²) in [6.07, 6.45) is 1.18. The lowest BCUT2D eigenvalue weighted by atomic mass is 10.1. The third kappa shape index (κ3) is 4.03. The maximum Gasteiger partial charge on any atom is 0.338 e. The minimum absolute atomic E-state index is 0.0864. The summed E-state index contributed by atoms with van der Waals surface area (Å²) in [5.74, 6) is -2.25. The van der Waals surface area contributed by atoms with Crippen molar-refractivity contribution in [3.8, 4) is 0 Å². The molecule has 0 unspecified atom stereocenters. The van der Waals surface area contributed by atoms with Crippen LogP contribution in [0.2, 0.25) is 0 Å². The number of carbonyl (C=O) groups excluding carboxylic acids is 1. The van der Waals surface area contributed by atoms with E-state index in [9.17, 15) is 28.2 Å². The van der Waals surface area contributed by atoms with Crippen LogP contribution in [0.5, 0.6) is 0 Å². The number of carbonyl (C=O) groups is 2. The van der Waals surface area contributed by atoms with Gasteiger partial charge in [0.1, 0.15) is 14.8 Å². The summed E-state index contributed by atoms with van der Waals surface area (Å²) < 4.78 is 25.0. The van der Waals surface area contributed by atoms with E-state index in [0.717, 1.165) is 6.07 Å². The summed E-state index contributed by atoms with van der Waals surface area (Å²) in [4.78, 5) is 27.1. The minimum Gasteiger partial charge on any atom is -0.478 e. The van der Waals surface area contributed by atoms with Crippen molar-refractivity contribution in [3.63, 3.8) is 0 Å². The lowest BCUT2D eigenvalue weighted by Crippen LogP contribution is -2.36. The molecule has 0 atom stereocenters. The van der Waals surface area contributed by atoms with Gasteiger partial charge < -0.3 is 15.5 Å². The molecule has 2 rings (SSSR count). The normalized spacial score (nSPS) is 12.0. The second-order valence-corrected chi connectivity index (χ2v) is 8.99. The molecule has 0 spiro atoms. The zero-order chi connectivity index (χ0) is 19.0. The molecule has 25 heavy (non-hydrogen) atoms. The number of amides is 1. The molecule has 0 saturated carbocycles. The fraction of sp³-hybridized carbons (Fsp3) is 0.267. The highest BCUT2D eigenvalue weighted by Crippen LogP contribution is 2.35. The van der Waals surface area contributed by atoms with Gasteiger partial charge >= 0.3 is 5.97 Å². The van der Waals surface area contributed by atoms with Gasteiger partial charge in [-0.2, -0.15) is 0 Å². The number of aliphatic hydroxyl groups is 1. The monoisotopic (exact) mass is 384 g/mol. The molecule has 8 nitrogen and oxygen atoms in total. The maximum absolute atomic E-state index is 12.6. The standard InChI is InChI=1S/C15H16N2O6S2/c1-8-4-5-9(7-16-8)25(22,23)11-6-10(13(18)19)12(24-11)17-14(20)15(2,3)21/h4-7,21H,1-3H3,(H,17,20)(H,18,19). The lowest BCUT2D eigenvalue weighted by molar-refractivity contribution is -0.130. The molecule has 3 N–H and O–H groups in total. The molecule has 0 radical (unpaired) electrons. The summed E-state index contributed by atoms with van der Waals surface area (Å²) in [6, 6.07) is 3.87. The van der Waals surface area contributed by atoms with E-state index in [1.54, 1.807) is 6.92 Å². The molecule has 0 saturated heterocycles. The van der Waals surface area contributed by atoms with Crippen LogP contribution in [-0.4, -0.2) is 41.1 Å². The highest BCUT2D eigenvalue weighted by Gasteiger charge is 2.29. The first-order valence-corrected chi connectivity index (χ1v) is 9.31. The van der Waals surface area contributed by atoms with Gasteiger partial charge in [-0.25, -0.2) is 13.2 Å². The van der Waals surface area contributed by atoms with Crippen LogP contribution in [0.15, 0.2) is 33.5 Å². The summed E-state index contributed by atoms with van der Waals surface area (Å²) in [5.41, 5.74) is -1.49. The predicted octanol–water partition coefficient (Wildman–Crippen LogP) is 1.69. The Morgan fingerprint density at radius 1 is 1.28 bits per heavy atom. The van der Waals surface area contributed by atoms with Crippen LogP contribution >= 0.6 is 11.3 Å². The van der Waals surface area contributed by atoms with Gasteiger partial charge in [-0.1, -0.05) is 0 Å². The molecule has 2 aromatic rings. The van der Waals surface area contributed by atoms with Crippen molar-refractivity contribution in [2.45, 2.75) is 35.5 Å². The van der Waals surface area contributed by atoms with Crippen molar-refractivity contribution in [2.75, 3.05) is 5.32 Å². The predicted molar refractivity (Wildman–Crippen MR) is 90.6 cm³/mol. The number of rotatable bonds is 5. The molecule has 0 aliphatic carbocycles. The van der Waals surface area contributed by atoms with Gasteiger partial charge in [0.25, 0.3) is 5.91 Å². The van der Waals surface area contributed by atoms with E-state index in [-0.39, 0.29) is 19.7 Å². The van der Waals surface area contributed by atoms with Gasteiger partial charge in [0.05, 0.1) is 10.5 Å². The summed E-state index contributed by atoms with van der Waals surface area (Å²) in [5, 5.41) is 21.0. The molecular weight excluding hydrogens is 368 g/mol. The Kier molecular flexibility index (Phi) is 4.98. The van der Waals surface area contributed by atoms with E-state index in [0.29, 0.717) is 17.0 Å². The number of nitrogens with one attached hydrogen (secondary N) is 1. The second-order valence-electron chi connectivity index (χ2n) is 5.77. The van der Waals surface area contributed by atoms with E-state index in [4.69, 9.17) is 0 Å². The number of anilines is 1. The molecule has 0 bridgehead atoms. The number of aromatic nitrogens is 1. The van der Waals surface area contributed by atoms with E-state index < -0.39 is 27.3 Å². The first-order valence-electron chi connectivity index (χ1n) is 7.01. The number of nitrogens with zero attached hydrogens (tertiary/aromatic N) is 1. The van der Waals surface area contributed by atoms with Crippen molar-refractivity contribution in [2.24, 2.45) is 0 Å². The van der Waals surface area contributed by atoms with Crippen molar-refractivity contribution in [1.29, 1.82) is 0 Å². The molecule has 0 aromatic carbocycles. The third-order valence-electron chi connectivity index (χ3n) is 3.18. The Labute approximate surface area is 148 Å². The van der Waals surface area contributed by atoms with Gasteiger partial charge in [-0.05, 0) is 39.0 Å². The SMILES string of the molecule is Cc1ccc(S(=O)(=O)c2cc(C(=O)O)c(NC(=O)C(C)(C)O)s2)cn1. The van der Waals surface area contributed by atoms with E-state index >= 15 is 0 Å². The van der Waals surface area contributed by atoms with Crippen molar-refractivity contribution in [3.05, 3.63) is 35.7 Å². The summed E-state index contributed by atoms with van der Waals surface area (Å²) >= 11 is 0.599. The molecule has 2 heterocycles. The van der Waals surface area contributed by atoms with Crippen molar-refractivity contribution in [1.82, 2.24) is 4.98 Å². The third-order valence-corrected chi connectivity index (χ3v) is 6.45. The van der Waals surface area contributed by atoms with Crippen LogP contribution in [0.3, 0.4) is 0 Å². The van der Waals surface area contributed by atoms with Crippen LogP contribution in [-0.2, 0) is 14.6 Å². The maximum atomic E-state index is 12.6. The van der Waals surface area contributed by atoms with Crippen LogP contribution in [0.4, 0.5) is 5.00 Å². The fourth-order valence-corrected chi connectivity index (χ4v) is 4.44. The smallest absolute Gasteiger partial charge is 0.338 e. The van der Waals surface area contributed by atoms with Gasteiger partial charge in [0.2, 0.25) is 9.84 Å². The molecule has 1 amide bonds. The number of sulfone groups is 1. The number of hydrogen-bond donors (Lipinski definition) is 3. The largest absolute Gasteiger partial charge is 0.478 e. The number of pyridine rings is 1. The molecule has 0 fully saturated rings. The highest BCUT2D eigenvalue weighted by atomic mass is 32.2. The zero-order valence-corrected chi connectivity index (χ0v) is 15.2. The first-order chi connectivity index (χ1) is 11.4. The first kappa shape index (κ1) is 19.0. The number of aromatic carboxylic acids is 1. The second kappa shape index (κ2) is 6.54. The summed E-state index contributed by atoms with van der Waals surface area (Å²) in [7, 11) is -3.98. The number of aryl methyl sites for hydroxylation is 1. The number of thiophene rings is 1. The Morgan fingerprint density at radius 3 is 2.40 bits per heavy atom.